The second kappa shape index (κ2) is 10.1. The number of rotatable bonds is 6. The Hall–Kier alpha value is -0.970. The summed E-state index contributed by atoms with van der Waals surface area (Å²) >= 11 is 37.3. The van der Waals surface area contributed by atoms with Gasteiger partial charge in [-0.3, -0.25) is 0 Å². The van der Waals surface area contributed by atoms with Gasteiger partial charge in [-0.15, -0.1) is 0 Å². The van der Waals surface area contributed by atoms with E-state index in [9.17, 15) is 4.57 Å². The molecular weight excluding hydrogens is 560 g/mol. The average Bonchev–Trinajstić information content (AvgIpc) is 2.68. The molecule has 0 amide bonds. The molecule has 3 aromatic rings. The van der Waals surface area contributed by atoms with Crippen LogP contribution in [0, 0.1) is 20.8 Å². The molecule has 0 aliphatic rings. The van der Waals surface area contributed by atoms with Crippen LogP contribution in [-0.4, -0.2) is 0 Å². The third-order valence-electron chi connectivity index (χ3n) is 4.27. The minimum Gasteiger partial charge on any atom is -0.384 e. The van der Waals surface area contributed by atoms with Gasteiger partial charge < -0.3 is 13.6 Å². The van der Waals surface area contributed by atoms with Crippen LogP contribution in [0.1, 0.15) is 16.7 Å². The van der Waals surface area contributed by atoms with Crippen LogP contribution in [0.15, 0.2) is 36.4 Å². The smallest absolute Gasteiger partial charge is 0.384 e. The number of halogens is 6. The summed E-state index contributed by atoms with van der Waals surface area (Å²) in [4.78, 5) is 0. The quantitative estimate of drug-likeness (QED) is 0.275. The van der Waals surface area contributed by atoms with Gasteiger partial charge in [-0.1, -0.05) is 69.6 Å². The molecule has 170 valence electrons. The van der Waals surface area contributed by atoms with Gasteiger partial charge in [-0.2, -0.15) is 4.57 Å². The lowest BCUT2D eigenvalue weighted by molar-refractivity contribution is 0.298. The first-order valence-corrected chi connectivity index (χ1v) is 12.7. The van der Waals surface area contributed by atoms with Crippen molar-refractivity contribution in [3.8, 4) is 17.2 Å². The van der Waals surface area contributed by atoms with Crippen LogP contribution in [0.5, 0.6) is 17.2 Å². The van der Waals surface area contributed by atoms with E-state index < -0.39 is 7.82 Å². The molecule has 0 unspecified atom stereocenters. The lowest BCUT2D eigenvalue weighted by Gasteiger charge is -2.22. The number of benzene rings is 3. The molecule has 0 fully saturated rings. The summed E-state index contributed by atoms with van der Waals surface area (Å²) in [7, 11) is -4.50. The van der Waals surface area contributed by atoms with Gasteiger partial charge in [0, 0.05) is 33.3 Å². The molecule has 0 radical (unpaired) electrons. The largest absolute Gasteiger partial charge is 0.647 e. The van der Waals surface area contributed by atoms with Crippen molar-refractivity contribution in [2.75, 3.05) is 0 Å². The van der Waals surface area contributed by atoms with Crippen LogP contribution in [0.25, 0.3) is 0 Å². The first-order chi connectivity index (χ1) is 14.9. The van der Waals surface area contributed by atoms with E-state index in [1.807, 2.05) is 0 Å². The monoisotopic (exact) mass is 572 g/mol. The molecule has 0 saturated heterocycles. The first-order valence-electron chi connectivity index (χ1n) is 8.94. The summed E-state index contributed by atoms with van der Waals surface area (Å²) in [5.41, 5.74) is 2.09. The predicted octanol–water partition coefficient (Wildman–Crippen LogP) is 10.2. The maximum Gasteiger partial charge on any atom is 0.647 e. The van der Waals surface area contributed by atoms with Crippen molar-refractivity contribution in [1.29, 1.82) is 0 Å². The van der Waals surface area contributed by atoms with Crippen LogP contribution in [0.2, 0.25) is 30.1 Å². The van der Waals surface area contributed by atoms with Gasteiger partial charge in [0.2, 0.25) is 0 Å². The van der Waals surface area contributed by atoms with E-state index in [2.05, 4.69) is 0 Å². The topological polar surface area (TPSA) is 44.8 Å². The van der Waals surface area contributed by atoms with Crippen LogP contribution in [0.4, 0.5) is 0 Å². The van der Waals surface area contributed by atoms with Crippen LogP contribution in [-0.2, 0) is 4.57 Å². The zero-order valence-electron chi connectivity index (χ0n) is 16.8. The molecule has 3 rings (SSSR count). The molecule has 0 N–H and O–H groups in total. The van der Waals surface area contributed by atoms with Crippen molar-refractivity contribution in [1.82, 2.24) is 0 Å². The van der Waals surface area contributed by atoms with E-state index in [0.717, 1.165) is 0 Å². The molecule has 0 spiro atoms. The summed E-state index contributed by atoms with van der Waals surface area (Å²) in [6.07, 6.45) is 0. The van der Waals surface area contributed by atoms with Crippen LogP contribution >= 0.6 is 77.4 Å². The Morgan fingerprint density at radius 2 is 0.750 bits per heavy atom. The normalized spacial score (nSPS) is 11.4. The Bertz CT molecular complexity index is 1100. The molecule has 0 heterocycles. The zero-order chi connectivity index (χ0) is 23.8. The number of aryl methyl sites for hydroxylation is 3. The van der Waals surface area contributed by atoms with Crippen molar-refractivity contribution < 1.29 is 18.1 Å². The number of hydrogen-bond donors (Lipinski definition) is 0. The van der Waals surface area contributed by atoms with Gasteiger partial charge in [0.05, 0.1) is 15.1 Å². The van der Waals surface area contributed by atoms with Crippen molar-refractivity contribution in [2.45, 2.75) is 20.8 Å². The third-order valence-corrected chi connectivity index (χ3v) is 7.64. The molecular formula is C21H15Cl6O4P. The van der Waals surface area contributed by atoms with E-state index in [1.165, 1.54) is 18.2 Å². The molecule has 4 nitrogen and oxygen atoms in total. The van der Waals surface area contributed by atoms with E-state index in [4.69, 9.17) is 83.2 Å². The lowest BCUT2D eigenvalue weighted by atomic mass is 10.2. The summed E-state index contributed by atoms with van der Waals surface area (Å²) in [5, 5.41) is 1.43. The fourth-order valence-electron chi connectivity index (χ4n) is 2.51. The maximum absolute atomic E-state index is 13.8. The van der Waals surface area contributed by atoms with Crippen LogP contribution in [0.3, 0.4) is 0 Å². The van der Waals surface area contributed by atoms with Crippen molar-refractivity contribution >= 4 is 77.4 Å². The highest BCUT2D eigenvalue weighted by molar-refractivity contribution is 7.49. The molecule has 0 aliphatic carbocycles. The van der Waals surface area contributed by atoms with Crippen LogP contribution < -0.4 is 13.6 Å². The summed E-state index contributed by atoms with van der Waals surface area (Å²) < 4.78 is 30.6. The summed E-state index contributed by atoms with van der Waals surface area (Å²) in [6.45, 7) is 5.27. The fraction of sp³-hybridized carbons (Fsp3) is 0.143. The Kier molecular flexibility index (Phi) is 8.10. The van der Waals surface area contributed by atoms with Crippen molar-refractivity contribution in [3.63, 3.8) is 0 Å². The Balaban J connectivity index is 2.08. The molecule has 0 atom stereocenters. The lowest BCUT2D eigenvalue weighted by Crippen LogP contribution is -2.09. The number of hydrogen-bond acceptors (Lipinski definition) is 4. The Labute approximate surface area is 215 Å². The van der Waals surface area contributed by atoms with Gasteiger partial charge in [0.25, 0.3) is 0 Å². The fourth-order valence-corrected chi connectivity index (χ4v) is 5.19. The molecule has 11 heteroatoms. The minimum absolute atomic E-state index is 0.0331. The molecule has 32 heavy (non-hydrogen) atoms. The van der Waals surface area contributed by atoms with Gasteiger partial charge in [0.1, 0.15) is 0 Å². The number of phosphoric ester groups is 1. The average molecular weight is 575 g/mol. The van der Waals surface area contributed by atoms with E-state index in [0.29, 0.717) is 31.8 Å². The molecule has 0 aromatic heterocycles. The van der Waals surface area contributed by atoms with Gasteiger partial charge in [-0.05, 0) is 55.7 Å². The van der Waals surface area contributed by atoms with Gasteiger partial charge in [0.15, 0.2) is 17.2 Å². The molecule has 0 bridgehead atoms. The number of phosphoric acid groups is 1. The second-order valence-corrected chi connectivity index (χ2v) is 10.7. The highest BCUT2D eigenvalue weighted by Gasteiger charge is 2.36. The standard InChI is InChI=1S/C21H15Cl6O4P/c1-10-4-16(25)19(7-13(10)22)29-32(28,30-20-8-14(23)11(2)5-17(20)26)31-21-9-15(24)12(3)6-18(21)27/h4-9H,1-3H3. The van der Waals surface area contributed by atoms with Crippen molar-refractivity contribution in [2.24, 2.45) is 0 Å². The highest BCUT2D eigenvalue weighted by atomic mass is 35.5. The van der Waals surface area contributed by atoms with E-state index in [1.54, 1.807) is 39.0 Å². The third kappa shape index (κ3) is 5.93. The zero-order valence-corrected chi connectivity index (χ0v) is 22.2. The summed E-state index contributed by atoms with van der Waals surface area (Å²) in [6, 6.07) is 8.84. The molecule has 0 saturated carbocycles. The SMILES string of the molecule is Cc1cc(Cl)c(OP(=O)(Oc2cc(Cl)c(C)cc2Cl)Oc2cc(Cl)c(C)cc2Cl)cc1Cl. The highest BCUT2D eigenvalue weighted by Crippen LogP contribution is 2.54. The van der Waals surface area contributed by atoms with E-state index in [-0.39, 0.29) is 32.3 Å². The molecule has 0 aliphatic heterocycles. The van der Waals surface area contributed by atoms with Crippen molar-refractivity contribution in [3.05, 3.63) is 83.2 Å². The van der Waals surface area contributed by atoms with E-state index >= 15 is 0 Å². The first kappa shape index (κ1) is 25.6. The van der Waals surface area contributed by atoms with Gasteiger partial charge >= 0.3 is 7.82 Å². The minimum atomic E-state index is -4.50. The maximum atomic E-state index is 13.8. The van der Waals surface area contributed by atoms with Gasteiger partial charge in [-0.25, -0.2) is 0 Å². The summed E-state index contributed by atoms with van der Waals surface area (Å²) in [5.74, 6) is -0.0993. The molecule has 3 aromatic carbocycles. The second-order valence-electron chi connectivity index (χ2n) is 6.82. The Morgan fingerprint density at radius 3 is 1.00 bits per heavy atom. The Morgan fingerprint density at radius 1 is 0.500 bits per heavy atom. The predicted molar refractivity (Wildman–Crippen MR) is 133 cm³/mol.